The van der Waals surface area contributed by atoms with Crippen LogP contribution >= 0.6 is 39.0 Å². The summed E-state index contributed by atoms with van der Waals surface area (Å²) in [5.74, 6) is 0.108. The fourth-order valence-electron chi connectivity index (χ4n) is 1.80. The molecule has 1 aromatic carbocycles. The molecule has 0 unspecified atom stereocenters. The van der Waals surface area contributed by atoms with Gasteiger partial charge in [0.05, 0.1) is 14.2 Å². The molecule has 0 spiro atoms. The third kappa shape index (κ3) is 3.23. The average molecular weight is 396 g/mol. The van der Waals surface area contributed by atoms with Crippen LogP contribution in [0.5, 0.6) is 0 Å². The molecule has 0 radical (unpaired) electrons. The third-order valence-corrected chi connectivity index (χ3v) is 5.20. The van der Waals surface area contributed by atoms with Gasteiger partial charge in [0.15, 0.2) is 0 Å². The second-order valence-corrected chi connectivity index (χ2v) is 7.48. The van der Waals surface area contributed by atoms with Gasteiger partial charge in [0.25, 0.3) is 11.8 Å². The van der Waals surface area contributed by atoms with Crippen LogP contribution in [0.3, 0.4) is 0 Å². The average Bonchev–Trinajstić information content (AvgIpc) is 3.16. The molecule has 22 heavy (non-hydrogen) atoms. The number of amides is 1. The van der Waals surface area contributed by atoms with Crippen LogP contribution in [0.1, 0.15) is 9.67 Å². The van der Waals surface area contributed by atoms with Gasteiger partial charge in [0.1, 0.15) is 0 Å². The molecule has 0 aliphatic heterocycles. The highest BCUT2D eigenvalue weighted by Crippen LogP contribution is 2.30. The highest BCUT2D eigenvalue weighted by atomic mass is 79.9. The first-order valence-electron chi connectivity index (χ1n) is 6.21. The zero-order valence-corrected chi connectivity index (χ0v) is 14.6. The number of rotatable bonds is 4. The van der Waals surface area contributed by atoms with Crippen LogP contribution in [0, 0.1) is 0 Å². The van der Waals surface area contributed by atoms with Crippen molar-refractivity contribution in [1.82, 2.24) is 10.2 Å². The lowest BCUT2D eigenvalue weighted by molar-refractivity contribution is 0.102. The van der Waals surface area contributed by atoms with Crippen molar-refractivity contribution in [2.45, 2.75) is 4.90 Å². The third-order valence-electron chi connectivity index (χ3n) is 2.78. The molecule has 0 aliphatic rings. The lowest BCUT2D eigenvalue weighted by atomic mass is 10.2. The van der Waals surface area contributed by atoms with E-state index in [1.54, 1.807) is 17.8 Å². The molecule has 2 aromatic heterocycles. The predicted octanol–water partition coefficient (Wildman–Crippen LogP) is 4.53. The van der Waals surface area contributed by atoms with Crippen molar-refractivity contribution in [3.05, 3.63) is 45.1 Å². The first-order valence-corrected chi connectivity index (χ1v) is 9.04. The number of nitrogens with one attached hydrogen (secondary N) is 1. The van der Waals surface area contributed by atoms with Gasteiger partial charge in [-0.25, -0.2) is 0 Å². The SMILES string of the molecule is CSc1ccccc1-c1nnc(NC(=O)c2ccc(Br)s2)o1. The number of anilines is 1. The van der Waals surface area contributed by atoms with E-state index in [1.807, 2.05) is 36.6 Å². The van der Waals surface area contributed by atoms with E-state index in [4.69, 9.17) is 4.42 Å². The minimum atomic E-state index is -0.274. The number of carbonyl (C=O) groups excluding carboxylic acids is 1. The van der Waals surface area contributed by atoms with Gasteiger partial charge in [-0.15, -0.1) is 28.2 Å². The van der Waals surface area contributed by atoms with Gasteiger partial charge in [0, 0.05) is 4.90 Å². The van der Waals surface area contributed by atoms with E-state index < -0.39 is 0 Å². The number of hydrogen-bond donors (Lipinski definition) is 1. The largest absolute Gasteiger partial charge is 0.403 e. The summed E-state index contributed by atoms with van der Waals surface area (Å²) < 4.78 is 6.42. The molecule has 3 rings (SSSR count). The number of thiophene rings is 1. The normalized spacial score (nSPS) is 10.6. The van der Waals surface area contributed by atoms with Gasteiger partial charge in [-0.3, -0.25) is 10.1 Å². The van der Waals surface area contributed by atoms with Crippen LogP contribution in [-0.2, 0) is 0 Å². The predicted molar refractivity (Wildman–Crippen MR) is 91.5 cm³/mol. The summed E-state index contributed by atoms with van der Waals surface area (Å²) in [5, 5.41) is 10.5. The maximum atomic E-state index is 12.0. The Bertz CT molecular complexity index is 816. The molecule has 0 bridgehead atoms. The van der Waals surface area contributed by atoms with Crippen molar-refractivity contribution >= 4 is 51.0 Å². The Kier molecular flexibility index (Phi) is 4.60. The van der Waals surface area contributed by atoms with E-state index in [9.17, 15) is 4.79 Å². The maximum absolute atomic E-state index is 12.0. The van der Waals surface area contributed by atoms with Crippen molar-refractivity contribution in [3.63, 3.8) is 0 Å². The Morgan fingerprint density at radius 2 is 2.09 bits per heavy atom. The first-order chi connectivity index (χ1) is 10.7. The molecule has 2 heterocycles. The van der Waals surface area contributed by atoms with Gasteiger partial charge in [-0.2, -0.15) is 0 Å². The van der Waals surface area contributed by atoms with E-state index in [0.717, 1.165) is 14.2 Å². The standard InChI is InChI=1S/C14H10BrN3O2S2/c1-21-9-5-3-2-4-8(9)13-17-18-14(20-13)16-12(19)10-6-7-11(15)22-10/h2-7H,1H3,(H,16,18,19). The summed E-state index contributed by atoms with van der Waals surface area (Å²) in [6, 6.07) is 11.4. The molecule has 1 N–H and O–H groups in total. The van der Waals surface area contributed by atoms with Crippen LogP contribution in [0.15, 0.2) is 49.5 Å². The molecular weight excluding hydrogens is 386 g/mol. The van der Waals surface area contributed by atoms with Gasteiger partial charge in [-0.05, 0) is 46.5 Å². The van der Waals surface area contributed by atoms with Gasteiger partial charge in [0.2, 0.25) is 0 Å². The number of hydrogen-bond acceptors (Lipinski definition) is 6. The van der Waals surface area contributed by atoms with Crippen molar-refractivity contribution in [3.8, 4) is 11.5 Å². The fourth-order valence-corrected chi connectivity index (χ4v) is 3.67. The summed E-state index contributed by atoms with van der Waals surface area (Å²) in [5.41, 5.74) is 0.849. The van der Waals surface area contributed by atoms with Gasteiger partial charge in [-0.1, -0.05) is 17.2 Å². The number of nitrogens with zero attached hydrogens (tertiary/aromatic N) is 2. The molecule has 0 saturated carbocycles. The second kappa shape index (κ2) is 6.64. The molecule has 8 heteroatoms. The number of carbonyl (C=O) groups is 1. The number of aromatic nitrogens is 2. The van der Waals surface area contributed by atoms with Gasteiger partial charge < -0.3 is 4.42 Å². The lowest BCUT2D eigenvalue weighted by Crippen LogP contribution is -2.10. The number of thioether (sulfide) groups is 1. The molecule has 3 aromatic rings. The molecule has 0 aliphatic carbocycles. The van der Waals surface area contributed by atoms with Crippen molar-refractivity contribution in [2.75, 3.05) is 11.6 Å². The summed E-state index contributed by atoms with van der Waals surface area (Å²) in [6.07, 6.45) is 1.98. The minimum Gasteiger partial charge on any atom is -0.403 e. The lowest BCUT2D eigenvalue weighted by Gasteiger charge is -2.01. The van der Waals surface area contributed by atoms with Crippen LogP contribution in [0.2, 0.25) is 0 Å². The van der Waals surface area contributed by atoms with Gasteiger partial charge >= 0.3 is 6.01 Å². The minimum absolute atomic E-state index is 0.0837. The van der Waals surface area contributed by atoms with E-state index in [-0.39, 0.29) is 11.9 Å². The zero-order chi connectivity index (χ0) is 15.5. The summed E-state index contributed by atoms with van der Waals surface area (Å²) in [6.45, 7) is 0. The van der Waals surface area contributed by atoms with Crippen molar-refractivity contribution < 1.29 is 9.21 Å². The molecule has 5 nitrogen and oxygen atoms in total. The Balaban J connectivity index is 1.80. The Morgan fingerprint density at radius 1 is 1.27 bits per heavy atom. The highest BCUT2D eigenvalue weighted by Gasteiger charge is 2.15. The second-order valence-electron chi connectivity index (χ2n) is 4.17. The van der Waals surface area contributed by atoms with Crippen LogP contribution in [0.25, 0.3) is 11.5 Å². The number of benzene rings is 1. The van der Waals surface area contributed by atoms with Crippen LogP contribution in [0.4, 0.5) is 6.01 Å². The topological polar surface area (TPSA) is 68.0 Å². The Hall–Kier alpha value is -1.64. The van der Waals surface area contributed by atoms with Crippen LogP contribution in [-0.4, -0.2) is 22.4 Å². The van der Waals surface area contributed by atoms with Crippen LogP contribution < -0.4 is 5.32 Å². The smallest absolute Gasteiger partial charge is 0.322 e. The quantitative estimate of drug-likeness (QED) is 0.656. The Labute approximate surface area is 143 Å². The summed E-state index contributed by atoms with van der Waals surface area (Å²) in [4.78, 5) is 13.6. The summed E-state index contributed by atoms with van der Waals surface area (Å²) >= 11 is 6.25. The van der Waals surface area contributed by atoms with Crippen molar-refractivity contribution in [1.29, 1.82) is 0 Å². The zero-order valence-electron chi connectivity index (χ0n) is 11.4. The summed E-state index contributed by atoms with van der Waals surface area (Å²) in [7, 11) is 0. The molecule has 112 valence electrons. The molecular formula is C14H10BrN3O2S2. The first kappa shape index (κ1) is 15.3. The van der Waals surface area contributed by atoms with E-state index in [2.05, 4.69) is 31.4 Å². The van der Waals surface area contributed by atoms with E-state index in [0.29, 0.717) is 10.8 Å². The fraction of sp³-hybridized carbons (Fsp3) is 0.0714. The molecule has 1 amide bonds. The highest BCUT2D eigenvalue weighted by molar-refractivity contribution is 9.11. The monoisotopic (exact) mass is 395 g/mol. The number of halogens is 1. The van der Waals surface area contributed by atoms with E-state index in [1.165, 1.54) is 11.3 Å². The van der Waals surface area contributed by atoms with E-state index >= 15 is 0 Å². The molecule has 0 atom stereocenters. The Morgan fingerprint density at radius 3 is 2.82 bits per heavy atom. The van der Waals surface area contributed by atoms with Crippen molar-refractivity contribution in [2.24, 2.45) is 0 Å². The molecule has 0 saturated heterocycles. The maximum Gasteiger partial charge on any atom is 0.322 e. The molecule has 0 fully saturated rings.